The van der Waals surface area contributed by atoms with E-state index in [1.54, 1.807) is 24.3 Å². The van der Waals surface area contributed by atoms with Crippen LogP contribution in [0.5, 0.6) is 0 Å². The molecule has 4 atom stereocenters. The number of carbonyl (C=O) groups is 2. The molecular weight excluding hydrogens is 497 g/mol. The fourth-order valence-corrected chi connectivity index (χ4v) is 5.00. The molecule has 1 heterocycles. The lowest BCUT2D eigenvalue weighted by Gasteiger charge is -2.47. The first-order valence-electron chi connectivity index (χ1n) is 12.1. The van der Waals surface area contributed by atoms with E-state index in [1.807, 2.05) is 62.4 Å². The number of carboxylic acid groups (broad SMARTS) is 1. The molecule has 36 heavy (non-hydrogen) atoms. The molecule has 0 aliphatic carbocycles. The number of carboxylic acids is 1. The third-order valence-electron chi connectivity index (χ3n) is 6.56. The smallest absolute Gasteiger partial charge is 0.326 e. The average Bonchev–Trinajstić information content (AvgIpc) is 2.86. The van der Waals surface area contributed by atoms with Crippen molar-refractivity contribution in [3.05, 3.63) is 105 Å². The Morgan fingerprint density at radius 3 is 2.03 bits per heavy atom. The Kier molecular flexibility index (Phi) is 8.35. The van der Waals surface area contributed by atoms with Gasteiger partial charge in [-0.25, -0.2) is 4.79 Å². The number of benzene rings is 3. The molecule has 3 aromatic rings. The second-order valence-corrected chi connectivity index (χ2v) is 10.0. The molecule has 0 aromatic heterocycles. The maximum atomic E-state index is 14.0. The summed E-state index contributed by atoms with van der Waals surface area (Å²) in [6, 6.07) is 20.7. The molecule has 0 bridgehead atoms. The number of amides is 1. The van der Waals surface area contributed by atoms with Gasteiger partial charge in [-0.15, -0.1) is 0 Å². The molecule has 1 saturated heterocycles. The van der Waals surface area contributed by atoms with Crippen LogP contribution in [0.2, 0.25) is 10.0 Å². The topological polar surface area (TPSA) is 66.8 Å². The molecule has 0 radical (unpaired) electrons. The van der Waals surface area contributed by atoms with Gasteiger partial charge in [-0.3, -0.25) is 4.79 Å². The zero-order valence-corrected chi connectivity index (χ0v) is 21.7. The van der Waals surface area contributed by atoms with Crippen LogP contribution in [-0.2, 0) is 20.7 Å². The lowest BCUT2D eigenvalue weighted by molar-refractivity contribution is -0.184. The molecule has 0 saturated carbocycles. The first-order chi connectivity index (χ1) is 17.3. The van der Waals surface area contributed by atoms with E-state index in [4.69, 9.17) is 27.9 Å². The van der Waals surface area contributed by atoms with Crippen LogP contribution in [0, 0.1) is 6.92 Å². The number of halogens is 2. The van der Waals surface area contributed by atoms with Gasteiger partial charge in [-0.2, -0.15) is 0 Å². The molecule has 1 aliphatic heterocycles. The summed E-state index contributed by atoms with van der Waals surface area (Å²) in [5.41, 5.74) is 3.63. The van der Waals surface area contributed by atoms with Crippen LogP contribution in [0.1, 0.15) is 54.2 Å². The third-order valence-corrected chi connectivity index (χ3v) is 7.07. The van der Waals surface area contributed by atoms with Gasteiger partial charge in [0, 0.05) is 16.5 Å². The number of morpholine rings is 1. The highest BCUT2D eigenvalue weighted by Crippen LogP contribution is 2.44. The number of aliphatic carboxylic acids is 1. The van der Waals surface area contributed by atoms with Crippen LogP contribution >= 0.6 is 23.2 Å². The van der Waals surface area contributed by atoms with Gasteiger partial charge in [0.15, 0.2) is 0 Å². The van der Waals surface area contributed by atoms with Crippen molar-refractivity contribution in [1.82, 2.24) is 4.90 Å². The Labute approximate surface area is 221 Å². The van der Waals surface area contributed by atoms with Gasteiger partial charge >= 0.3 is 5.97 Å². The van der Waals surface area contributed by atoms with Crippen LogP contribution in [0.4, 0.5) is 0 Å². The Hall–Kier alpha value is -2.86. The van der Waals surface area contributed by atoms with Crippen molar-refractivity contribution in [2.75, 3.05) is 0 Å². The van der Waals surface area contributed by atoms with E-state index < -0.39 is 30.3 Å². The predicted molar refractivity (Wildman–Crippen MR) is 141 cm³/mol. The van der Waals surface area contributed by atoms with Crippen molar-refractivity contribution in [3.8, 4) is 0 Å². The van der Waals surface area contributed by atoms with E-state index in [1.165, 1.54) is 4.90 Å². The summed E-state index contributed by atoms with van der Waals surface area (Å²) in [5.74, 6) is -1.36. The number of carbonyl (C=O) groups excluding carboxylic acids is 1. The van der Waals surface area contributed by atoms with Crippen LogP contribution < -0.4 is 0 Å². The van der Waals surface area contributed by atoms with Crippen LogP contribution in [0.25, 0.3) is 0 Å². The van der Waals surface area contributed by atoms with E-state index in [9.17, 15) is 14.7 Å². The molecular formula is C29H29Cl2NO4. The molecule has 1 aliphatic rings. The van der Waals surface area contributed by atoms with E-state index >= 15 is 0 Å². The number of nitrogens with zero attached hydrogens (tertiary/aromatic N) is 1. The number of aryl methyl sites for hydroxylation is 1. The first-order valence-corrected chi connectivity index (χ1v) is 12.8. The van der Waals surface area contributed by atoms with E-state index in [2.05, 4.69) is 0 Å². The molecule has 4 rings (SSSR count). The molecule has 1 N–H and O–H groups in total. The van der Waals surface area contributed by atoms with Crippen molar-refractivity contribution in [1.29, 1.82) is 0 Å². The maximum absolute atomic E-state index is 14.0. The predicted octanol–water partition coefficient (Wildman–Crippen LogP) is 6.81. The highest BCUT2D eigenvalue weighted by Gasteiger charge is 2.48. The van der Waals surface area contributed by atoms with Crippen LogP contribution in [0.15, 0.2) is 72.8 Å². The Morgan fingerprint density at radius 2 is 1.50 bits per heavy atom. The van der Waals surface area contributed by atoms with Crippen LogP contribution in [-0.4, -0.2) is 34.0 Å². The Balaban J connectivity index is 1.84. The number of ether oxygens (including phenoxy) is 1. The quantitative estimate of drug-likeness (QED) is 0.350. The molecule has 1 amide bonds. The zero-order valence-electron chi connectivity index (χ0n) is 20.2. The van der Waals surface area contributed by atoms with Gasteiger partial charge < -0.3 is 14.7 Å². The molecule has 0 unspecified atom stereocenters. The Morgan fingerprint density at radius 1 is 0.944 bits per heavy atom. The lowest BCUT2D eigenvalue weighted by Crippen LogP contribution is -2.57. The first kappa shape index (κ1) is 26.2. The van der Waals surface area contributed by atoms with E-state index in [0.29, 0.717) is 29.3 Å². The van der Waals surface area contributed by atoms with Crippen molar-refractivity contribution >= 4 is 35.1 Å². The van der Waals surface area contributed by atoms with E-state index in [0.717, 1.165) is 22.3 Å². The molecule has 3 aromatic carbocycles. The molecule has 0 spiro atoms. The number of hydrogen-bond donors (Lipinski definition) is 1. The Bertz CT molecular complexity index is 1200. The van der Waals surface area contributed by atoms with Gasteiger partial charge in [0.05, 0.1) is 6.04 Å². The monoisotopic (exact) mass is 525 g/mol. The van der Waals surface area contributed by atoms with Gasteiger partial charge in [0.25, 0.3) is 5.91 Å². The normalized spacial score (nSPS) is 20.8. The summed E-state index contributed by atoms with van der Waals surface area (Å²) in [4.78, 5) is 28.0. The van der Waals surface area contributed by atoms with E-state index in [-0.39, 0.29) is 5.91 Å². The zero-order chi connectivity index (χ0) is 25.8. The van der Waals surface area contributed by atoms with Crippen molar-refractivity contribution < 1.29 is 19.4 Å². The summed E-state index contributed by atoms with van der Waals surface area (Å²) in [6.07, 6.45) is -0.157. The summed E-state index contributed by atoms with van der Waals surface area (Å²) >= 11 is 12.3. The van der Waals surface area contributed by atoms with Gasteiger partial charge in [-0.1, -0.05) is 90.6 Å². The van der Waals surface area contributed by atoms with Gasteiger partial charge in [0.2, 0.25) is 0 Å². The van der Waals surface area contributed by atoms with Gasteiger partial charge in [-0.05, 0) is 54.3 Å². The minimum absolute atomic E-state index is 0.329. The molecule has 188 valence electrons. The maximum Gasteiger partial charge on any atom is 0.326 e. The van der Waals surface area contributed by atoms with Crippen molar-refractivity contribution in [2.45, 2.75) is 57.4 Å². The summed E-state index contributed by atoms with van der Waals surface area (Å²) in [6.45, 7) is 3.92. The molecule has 5 nitrogen and oxygen atoms in total. The minimum atomic E-state index is -1.03. The van der Waals surface area contributed by atoms with Crippen molar-refractivity contribution in [2.24, 2.45) is 0 Å². The number of rotatable bonds is 8. The van der Waals surface area contributed by atoms with Gasteiger partial charge in [0.1, 0.15) is 18.2 Å². The number of hydrogen-bond acceptors (Lipinski definition) is 3. The largest absolute Gasteiger partial charge is 0.480 e. The SMILES string of the molecule is CCC[C@@H](C(=O)O)N1C(=O)[C@@H](Cc2ccc(C)cc2)O[C@H](c2ccc(Cl)cc2)[C@@H]1c1ccc(Cl)cc1. The lowest BCUT2D eigenvalue weighted by atomic mass is 9.88. The third kappa shape index (κ3) is 5.75. The highest BCUT2D eigenvalue weighted by atomic mass is 35.5. The second-order valence-electron chi connectivity index (χ2n) is 9.17. The minimum Gasteiger partial charge on any atom is -0.480 e. The fraction of sp³-hybridized carbons (Fsp3) is 0.310. The summed E-state index contributed by atoms with van der Waals surface area (Å²) < 4.78 is 6.53. The highest BCUT2D eigenvalue weighted by molar-refractivity contribution is 6.30. The molecule has 1 fully saturated rings. The fourth-order valence-electron chi connectivity index (χ4n) is 4.74. The van der Waals surface area contributed by atoms with Crippen molar-refractivity contribution in [3.63, 3.8) is 0 Å². The summed E-state index contributed by atoms with van der Waals surface area (Å²) in [5, 5.41) is 11.3. The molecule has 7 heteroatoms. The average molecular weight is 526 g/mol. The standard InChI is InChI=1S/C29H29Cl2NO4/c1-3-4-24(29(34)35)32-26(20-9-13-22(30)14-10-20)27(21-11-15-23(31)16-12-21)36-25(28(32)33)17-19-7-5-18(2)6-8-19/h5-16,24-27H,3-4,17H2,1-2H3,(H,34,35)/t24-,25+,26-,27+/m0/s1. The second kappa shape index (κ2) is 11.5. The summed E-state index contributed by atoms with van der Waals surface area (Å²) in [7, 11) is 0. The van der Waals surface area contributed by atoms with Crippen LogP contribution in [0.3, 0.4) is 0 Å².